The molecule has 0 aromatic carbocycles. The molecule has 10 saturated carbocycles. The third-order valence-corrected chi connectivity index (χ3v) is 19.2. The first-order valence-corrected chi connectivity index (χ1v) is 25.4. The molecule has 0 aromatic heterocycles. The average molecular weight is 915 g/mol. The van der Waals surface area contributed by atoms with Crippen molar-refractivity contribution in [1.29, 1.82) is 0 Å². The molecular weight excluding hydrogens is 821 g/mol. The predicted molar refractivity (Wildman–Crippen MR) is 254 cm³/mol. The Morgan fingerprint density at radius 3 is 1.34 bits per heavy atom. The minimum Gasteiger partial charge on any atom is -0.462 e. The number of esters is 4. The Morgan fingerprint density at radius 2 is 0.923 bits per heavy atom. The van der Waals surface area contributed by atoms with E-state index >= 15 is 0 Å². The van der Waals surface area contributed by atoms with E-state index in [-0.39, 0.29) is 109 Å². The summed E-state index contributed by atoms with van der Waals surface area (Å²) in [6.45, 7) is 10.2. The van der Waals surface area contributed by atoms with Crippen molar-refractivity contribution >= 4 is 23.9 Å². The molecule has 0 aliphatic heterocycles. The number of hydrogen-bond acceptors (Lipinski definition) is 10. The minimum atomic E-state index is -0.416. The van der Waals surface area contributed by atoms with Crippen molar-refractivity contribution < 1.29 is 47.6 Å². The Bertz CT molecular complexity index is 1580. The molecule has 17 atom stereocenters. The molecule has 8 bridgehead atoms. The summed E-state index contributed by atoms with van der Waals surface area (Å²) >= 11 is 0. The molecule has 0 N–H and O–H groups in total. The van der Waals surface area contributed by atoms with Gasteiger partial charge in [-0.1, -0.05) is 89.0 Å². The number of carbonyl (C=O) groups excluding carboxylic acids is 4. The standard InChI is InChI=1S/C26H40O5.C25H38O5.4CH4/c1-4-26(2,3)25(28)31-21-13-16-12-20(21)23-18-10-15(22(16)23)11-19(18)24(27)30-14-29-17-8-6-5-7-9-17;1-3-14(2)24(26)30-21-12-16-11-20(21)23-18-9-15(22(16)23)10-19(18)25(27)29-13-28-17-7-5-4-6-8-17;;;;/h15-23H,4-14H2,1-3H3;14-23H,3-13H2,1-2H3;4*1H4. The lowest BCUT2D eigenvalue weighted by atomic mass is 9.66. The van der Waals surface area contributed by atoms with E-state index in [1.165, 1.54) is 51.4 Å². The van der Waals surface area contributed by atoms with Crippen molar-refractivity contribution in [2.75, 3.05) is 13.6 Å². The van der Waals surface area contributed by atoms with Crippen molar-refractivity contribution in [3.05, 3.63) is 0 Å². The van der Waals surface area contributed by atoms with Crippen molar-refractivity contribution in [2.45, 2.75) is 217 Å². The molecule has 10 fully saturated rings. The van der Waals surface area contributed by atoms with E-state index in [9.17, 15) is 19.2 Å². The van der Waals surface area contributed by atoms with Gasteiger partial charge in [0.2, 0.25) is 0 Å². The van der Waals surface area contributed by atoms with Gasteiger partial charge in [-0.2, -0.15) is 0 Å². The molecule has 10 nitrogen and oxygen atoms in total. The van der Waals surface area contributed by atoms with Crippen LogP contribution in [-0.2, 0) is 47.6 Å². The predicted octanol–water partition coefficient (Wildman–Crippen LogP) is 12.4. The molecule has 0 saturated heterocycles. The van der Waals surface area contributed by atoms with E-state index in [4.69, 9.17) is 28.4 Å². The van der Waals surface area contributed by atoms with Gasteiger partial charge in [-0.3, -0.25) is 19.2 Å². The van der Waals surface area contributed by atoms with Gasteiger partial charge in [0, 0.05) is 0 Å². The third kappa shape index (κ3) is 10.5. The van der Waals surface area contributed by atoms with Crippen LogP contribution in [0.3, 0.4) is 0 Å². The summed E-state index contributed by atoms with van der Waals surface area (Å²) in [6, 6.07) is 0. The van der Waals surface area contributed by atoms with E-state index in [1.807, 2.05) is 34.6 Å². The number of carbonyl (C=O) groups is 4. The Morgan fingerprint density at radius 1 is 0.523 bits per heavy atom. The summed E-state index contributed by atoms with van der Waals surface area (Å²) in [6.07, 6.45) is 22.9. The molecule has 374 valence electrons. The maximum Gasteiger partial charge on any atom is 0.311 e. The summed E-state index contributed by atoms with van der Waals surface area (Å²) in [5, 5.41) is 0. The lowest BCUT2D eigenvalue weighted by Gasteiger charge is -2.41. The second-order valence-electron chi connectivity index (χ2n) is 22.6. The van der Waals surface area contributed by atoms with Crippen LogP contribution < -0.4 is 0 Å². The highest BCUT2D eigenvalue weighted by Gasteiger charge is 2.68. The van der Waals surface area contributed by atoms with Gasteiger partial charge in [-0.15, -0.1) is 0 Å². The molecule has 0 spiro atoms. The molecule has 10 aliphatic rings. The van der Waals surface area contributed by atoms with Gasteiger partial charge >= 0.3 is 23.9 Å². The van der Waals surface area contributed by atoms with Crippen LogP contribution in [0.15, 0.2) is 0 Å². The highest BCUT2D eigenvalue weighted by Crippen LogP contribution is 2.70. The molecule has 10 heteroatoms. The summed E-state index contributed by atoms with van der Waals surface area (Å²) in [4.78, 5) is 50.8. The Hall–Kier alpha value is -2.20. The zero-order valence-electron chi connectivity index (χ0n) is 38.1. The van der Waals surface area contributed by atoms with Crippen LogP contribution in [0.25, 0.3) is 0 Å². The first kappa shape index (κ1) is 53.8. The second-order valence-corrected chi connectivity index (χ2v) is 22.6. The first-order chi connectivity index (χ1) is 29.4. The quantitative estimate of drug-likeness (QED) is 0.0720. The normalized spacial score (nSPS) is 39.5. The first-order valence-electron chi connectivity index (χ1n) is 25.4. The fourth-order valence-electron chi connectivity index (χ4n) is 15.8. The summed E-state index contributed by atoms with van der Waals surface area (Å²) < 4.78 is 34.9. The van der Waals surface area contributed by atoms with Gasteiger partial charge < -0.3 is 28.4 Å². The van der Waals surface area contributed by atoms with E-state index in [1.54, 1.807) is 0 Å². The summed E-state index contributed by atoms with van der Waals surface area (Å²) in [7, 11) is 0. The highest BCUT2D eigenvalue weighted by atomic mass is 16.7. The van der Waals surface area contributed by atoms with Crippen molar-refractivity contribution in [3.8, 4) is 0 Å². The molecular formula is C55H94O10. The number of ether oxygens (including phenoxy) is 6. The number of hydrogen-bond donors (Lipinski definition) is 0. The molecule has 17 unspecified atom stereocenters. The zero-order valence-corrected chi connectivity index (χ0v) is 38.1. The number of rotatable bonds is 14. The zero-order chi connectivity index (χ0) is 42.6. The third-order valence-electron chi connectivity index (χ3n) is 19.2. The topological polar surface area (TPSA) is 124 Å². The van der Waals surface area contributed by atoms with Crippen LogP contribution in [0.1, 0.15) is 193 Å². The van der Waals surface area contributed by atoms with Crippen LogP contribution in [0, 0.1) is 94.2 Å². The SMILES string of the molecule is C.C.C.C.CCC(C)(C)C(=O)OC1CC2CC1C1C3CC(CC3C(=O)OCOC3CCCCC3)C21.CCC(C)C(=O)OC1CC2CC1C1C3CC(CC3C(=O)OCOC3CCCCC3)C21. The molecule has 0 amide bonds. The van der Waals surface area contributed by atoms with Gasteiger partial charge in [-0.05, 0) is 175 Å². The summed E-state index contributed by atoms with van der Waals surface area (Å²) in [5.41, 5.74) is -0.416. The lowest BCUT2D eigenvalue weighted by molar-refractivity contribution is -0.173. The van der Waals surface area contributed by atoms with Gasteiger partial charge in [-0.25, -0.2) is 0 Å². The average Bonchev–Trinajstić information content (AvgIpc) is 4.14. The minimum absolute atomic E-state index is 0. The van der Waals surface area contributed by atoms with Crippen molar-refractivity contribution in [1.82, 2.24) is 0 Å². The van der Waals surface area contributed by atoms with Crippen LogP contribution in [0.5, 0.6) is 0 Å². The van der Waals surface area contributed by atoms with Gasteiger partial charge in [0.15, 0.2) is 13.6 Å². The molecule has 0 radical (unpaired) electrons. The smallest absolute Gasteiger partial charge is 0.311 e. The van der Waals surface area contributed by atoms with Crippen molar-refractivity contribution in [2.24, 2.45) is 94.2 Å². The van der Waals surface area contributed by atoms with Crippen LogP contribution in [-0.4, -0.2) is 61.9 Å². The van der Waals surface area contributed by atoms with Crippen LogP contribution in [0.2, 0.25) is 0 Å². The van der Waals surface area contributed by atoms with E-state index in [0.717, 1.165) is 88.9 Å². The highest BCUT2D eigenvalue weighted by molar-refractivity contribution is 5.76. The van der Waals surface area contributed by atoms with E-state index in [2.05, 4.69) is 0 Å². The molecule has 10 rings (SSSR count). The largest absolute Gasteiger partial charge is 0.462 e. The maximum atomic E-state index is 12.9. The lowest BCUT2D eigenvalue weighted by Crippen LogP contribution is -2.43. The molecule has 10 aliphatic carbocycles. The molecule has 65 heavy (non-hydrogen) atoms. The fourth-order valence-corrected chi connectivity index (χ4v) is 15.8. The van der Waals surface area contributed by atoms with E-state index < -0.39 is 5.41 Å². The fraction of sp³-hybridized carbons (Fsp3) is 0.927. The second kappa shape index (κ2) is 22.5. The monoisotopic (exact) mass is 915 g/mol. The van der Waals surface area contributed by atoms with Gasteiger partial charge in [0.05, 0.1) is 35.4 Å². The van der Waals surface area contributed by atoms with E-state index in [0.29, 0.717) is 59.2 Å². The molecule has 0 heterocycles. The Kier molecular flexibility index (Phi) is 18.6. The summed E-state index contributed by atoms with van der Waals surface area (Å²) in [5.74, 6) is 6.83. The van der Waals surface area contributed by atoms with Gasteiger partial charge in [0.1, 0.15) is 12.2 Å². The maximum absolute atomic E-state index is 12.9. The van der Waals surface area contributed by atoms with Crippen molar-refractivity contribution in [3.63, 3.8) is 0 Å². The Balaban J connectivity index is 0.000000230. The van der Waals surface area contributed by atoms with Crippen LogP contribution >= 0.6 is 0 Å². The van der Waals surface area contributed by atoms with Gasteiger partial charge in [0.25, 0.3) is 0 Å². The van der Waals surface area contributed by atoms with Crippen LogP contribution in [0.4, 0.5) is 0 Å². The molecule has 0 aromatic rings. The Labute approximate surface area is 395 Å². The number of fused-ring (bicyclic) bond motifs is 18.